The zero-order valence-corrected chi connectivity index (χ0v) is 23.5. The minimum Gasteiger partial charge on any atom is -0.543 e. The van der Waals surface area contributed by atoms with Crippen molar-refractivity contribution in [3.63, 3.8) is 0 Å². The first-order valence-electron chi connectivity index (χ1n) is 12.0. The summed E-state index contributed by atoms with van der Waals surface area (Å²) >= 11 is 0. The Morgan fingerprint density at radius 2 is 1.86 bits per heavy atom. The van der Waals surface area contributed by atoms with Gasteiger partial charge >= 0.3 is 6.09 Å². The maximum atomic E-state index is 13.0. The van der Waals surface area contributed by atoms with Crippen LogP contribution in [0.4, 0.5) is 10.6 Å². The standard InChI is InChI=1S/C26H39N5O3Si/c1-25(2,3)33-24(32)30(16-14-27-7)22-13-15-31-23(29-22)21(18-28-31)19-11-10-12-20(17-19)34-35(8,9)26(4,5)6/h10-13,15,17-18,27H,14,16H2,1-9H3. The summed E-state index contributed by atoms with van der Waals surface area (Å²) in [4.78, 5) is 19.3. The Kier molecular flexibility index (Phi) is 7.61. The summed E-state index contributed by atoms with van der Waals surface area (Å²) in [5, 5.41) is 7.66. The van der Waals surface area contributed by atoms with Crippen LogP contribution in [0.25, 0.3) is 16.8 Å². The maximum absolute atomic E-state index is 13.0. The van der Waals surface area contributed by atoms with E-state index >= 15 is 0 Å². The minimum atomic E-state index is -1.98. The second-order valence-electron chi connectivity index (χ2n) is 11.2. The van der Waals surface area contributed by atoms with E-state index in [4.69, 9.17) is 14.1 Å². The van der Waals surface area contributed by atoms with E-state index in [0.29, 0.717) is 24.6 Å². The molecule has 0 saturated heterocycles. The lowest BCUT2D eigenvalue weighted by atomic mass is 10.1. The monoisotopic (exact) mass is 497 g/mol. The average Bonchev–Trinajstić information content (AvgIpc) is 3.15. The smallest absolute Gasteiger partial charge is 0.416 e. The molecule has 1 aromatic carbocycles. The predicted octanol–water partition coefficient (Wildman–Crippen LogP) is 5.74. The van der Waals surface area contributed by atoms with E-state index in [1.54, 1.807) is 21.7 Å². The molecule has 8 nitrogen and oxygen atoms in total. The molecular formula is C26H39N5O3Si. The number of likely N-dealkylation sites (N-methyl/N-ethyl adjacent to an activating group) is 1. The van der Waals surface area contributed by atoms with E-state index in [0.717, 1.165) is 16.9 Å². The number of carbonyl (C=O) groups is 1. The lowest BCUT2D eigenvalue weighted by molar-refractivity contribution is 0.0579. The number of nitrogens with zero attached hydrogens (tertiary/aromatic N) is 4. The van der Waals surface area contributed by atoms with Gasteiger partial charge in [0.25, 0.3) is 0 Å². The van der Waals surface area contributed by atoms with Crippen molar-refractivity contribution in [3.05, 3.63) is 42.7 Å². The molecular weight excluding hydrogens is 458 g/mol. The first kappa shape index (κ1) is 26.7. The van der Waals surface area contributed by atoms with E-state index in [1.165, 1.54) is 0 Å². The van der Waals surface area contributed by atoms with Gasteiger partial charge in [-0.05, 0) is 69.7 Å². The van der Waals surface area contributed by atoms with Crippen molar-refractivity contribution in [1.29, 1.82) is 0 Å². The first-order chi connectivity index (χ1) is 16.2. The third-order valence-corrected chi connectivity index (χ3v) is 10.5. The molecule has 0 aliphatic rings. The van der Waals surface area contributed by atoms with Crippen LogP contribution in [0, 0.1) is 0 Å². The van der Waals surface area contributed by atoms with Crippen LogP contribution >= 0.6 is 0 Å². The molecule has 0 fully saturated rings. The van der Waals surface area contributed by atoms with Gasteiger partial charge in [-0.2, -0.15) is 5.10 Å². The van der Waals surface area contributed by atoms with Gasteiger partial charge in [-0.15, -0.1) is 0 Å². The molecule has 1 amide bonds. The Balaban J connectivity index is 1.99. The second kappa shape index (κ2) is 9.99. The van der Waals surface area contributed by atoms with Crippen LogP contribution in [0.2, 0.25) is 18.1 Å². The van der Waals surface area contributed by atoms with E-state index < -0.39 is 20.0 Å². The van der Waals surface area contributed by atoms with Crippen molar-refractivity contribution >= 4 is 25.9 Å². The summed E-state index contributed by atoms with van der Waals surface area (Å²) in [6.07, 6.45) is 3.17. The van der Waals surface area contributed by atoms with Gasteiger partial charge in [-0.1, -0.05) is 32.9 Å². The van der Waals surface area contributed by atoms with Gasteiger partial charge in [0, 0.05) is 24.8 Å². The molecule has 0 spiro atoms. The highest BCUT2D eigenvalue weighted by atomic mass is 28.4. The SMILES string of the molecule is CNCCN(C(=O)OC(C)(C)C)c1ccn2ncc(-c3cccc(O[Si](C)(C)C(C)(C)C)c3)c2n1. The molecule has 35 heavy (non-hydrogen) atoms. The quantitative estimate of drug-likeness (QED) is 0.419. The Labute approximate surface area is 209 Å². The number of hydrogen-bond acceptors (Lipinski definition) is 6. The van der Waals surface area contributed by atoms with Crippen LogP contribution in [0.1, 0.15) is 41.5 Å². The highest BCUT2D eigenvalue weighted by molar-refractivity contribution is 6.74. The third-order valence-electron chi connectivity index (χ3n) is 6.15. The van der Waals surface area contributed by atoms with Crippen molar-refractivity contribution < 1.29 is 14.0 Å². The average molecular weight is 498 g/mol. The van der Waals surface area contributed by atoms with Crippen LogP contribution in [0.15, 0.2) is 42.7 Å². The lowest BCUT2D eigenvalue weighted by Gasteiger charge is -2.36. The fraction of sp³-hybridized carbons (Fsp3) is 0.500. The zero-order chi connectivity index (χ0) is 26.0. The summed E-state index contributed by atoms with van der Waals surface area (Å²) in [5.74, 6) is 1.35. The molecule has 0 atom stereocenters. The maximum Gasteiger partial charge on any atom is 0.416 e. The largest absolute Gasteiger partial charge is 0.543 e. The molecule has 190 valence electrons. The van der Waals surface area contributed by atoms with Gasteiger partial charge in [-0.3, -0.25) is 4.90 Å². The first-order valence-corrected chi connectivity index (χ1v) is 14.9. The Morgan fingerprint density at radius 1 is 1.14 bits per heavy atom. The van der Waals surface area contributed by atoms with Gasteiger partial charge < -0.3 is 14.5 Å². The van der Waals surface area contributed by atoms with Gasteiger partial charge in [0.15, 0.2) is 5.65 Å². The molecule has 3 aromatic rings. The lowest BCUT2D eigenvalue weighted by Crippen LogP contribution is -2.43. The van der Waals surface area contributed by atoms with Gasteiger partial charge in [-0.25, -0.2) is 14.3 Å². The van der Waals surface area contributed by atoms with E-state index in [9.17, 15) is 4.79 Å². The fourth-order valence-electron chi connectivity index (χ4n) is 3.23. The van der Waals surface area contributed by atoms with Gasteiger partial charge in [0.1, 0.15) is 17.2 Å². The molecule has 0 unspecified atom stereocenters. The van der Waals surface area contributed by atoms with Crippen molar-refractivity contribution in [1.82, 2.24) is 19.9 Å². The number of nitrogens with one attached hydrogen (secondary N) is 1. The third kappa shape index (κ3) is 6.40. The summed E-state index contributed by atoms with van der Waals surface area (Å²) < 4.78 is 13.9. The van der Waals surface area contributed by atoms with Crippen LogP contribution in [-0.2, 0) is 4.74 Å². The van der Waals surface area contributed by atoms with Crippen molar-refractivity contribution in [2.45, 2.75) is 65.3 Å². The summed E-state index contributed by atoms with van der Waals surface area (Å²) in [5.41, 5.74) is 1.88. The van der Waals surface area contributed by atoms with Crippen molar-refractivity contribution in [2.24, 2.45) is 0 Å². The summed E-state index contributed by atoms with van der Waals surface area (Å²) in [6, 6.07) is 9.83. The molecule has 0 aliphatic heterocycles. The Morgan fingerprint density at radius 3 is 2.49 bits per heavy atom. The zero-order valence-electron chi connectivity index (χ0n) is 22.5. The summed E-state index contributed by atoms with van der Waals surface area (Å²) in [6.45, 7) is 17.7. The molecule has 0 bridgehead atoms. The molecule has 1 N–H and O–H groups in total. The minimum absolute atomic E-state index is 0.0995. The number of anilines is 1. The molecule has 9 heteroatoms. The van der Waals surface area contributed by atoms with E-state index in [2.05, 4.69) is 44.3 Å². The van der Waals surface area contributed by atoms with Crippen LogP contribution in [-0.4, -0.2) is 54.7 Å². The van der Waals surface area contributed by atoms with Crippen molar-refractivity contribution in [3.8, 4) is 16.9 Å². The molecule has 3 rings (SSSR count). The number of hydrogen-bond donors (Lipinski definition) is 1. The number of fused-ring (bicyclic) bond motifs is 1. The topological polar surface area (TPSA) is 81.0 Å². The van der Waals surface area contributed by atoms with E-state index in [1.807, 2.05) is 58.3 Å². The van der Waals surface area contributed by atoms with Crippen LogP contribution in [0.5, 0.6) is 5.75 Å². The van der Waals surface area contributed by atoms with Crippen molar-refractivity contribution in [2.75, 3.05) is 25.0 Å². The number of carbonyl (C=O) groups excluding carboxylic acids is 1. The number of ether oxygens (including phenoxy) is 1. The number of benzene rings is 1. The van der Waals surface area contributed by atoms with Gasteiger partial charge in [0.2, 0.25) is 8.32 Å². The normalized spacial score (nSPS) is 12.6. The Bertz CT molecular complexity index is 1180. The van der Waals surface area contributed by atoms with Crippen LogP contribution in [0.3, 0.4) is 0 Å². The predicted molar refractivity (Wildman–Crippen MR) is 144 cm³/mol. The highest BCUT2D eigenvalue weighted by Crippen LogP contribution is 2.38. The molecule has 0 saturated carbocycles. The highest BCUT2D eigenvalue weighted by Gasteiger charge is 2.39. The fourth-order valence-corrected chi connectivity index (χ4v) is 4.25. The van der Waals surface area contributed by atoms with E-state index in [-0.39, 0.29) is 5.04 Å². The van der Waals surface area contributed by atoms with Crippen LogP contribution < -0.4 is 14.6 Å². The number of amides is 1. The molecule has 0 radical (unpaired) electrons. The summed E-state index contributed by atoms with van der Waals surface area (Å²) in [7, 11) is -0.132. The molecule has 2 aromatic heterocycles. The second-order valence-corrected chi connectivity index (χ2v) is 16.0. The molecule has 0 aliphatic carbocycles. The van der Waals surface area contributed by atoms with Gasteiger partial charge in [0.05, 0.1) is 6.20 Å². The molecule has 2 heterocycles. The number of aromatic nitrogens is 3. The Hall–Kier alpha value is -2.91. The number of rotatable bonds is 7.